The Morgan fingerprint density at radius 2 is 2.33 bits per heavy atom. The van der Waals surface area contributed by atoms with Gasteiger partial charge in [0.2, 0.25) is 0 Å². The molecule has 0 spiro atoms. The molecular formula is C4H10NO3P. The van der Waals surface area contributed by atoms with Crippen LogP contribution in [0.3, 0.4) is 0 Å². The van der Waals surface area contributed by atoms with E-state index in [2.05, 4.69) is 0 Å². The van der Waals surface area contributed by atoms with E-state index >= 15 is 0 Å². The molecule has 0 amide bonds. The van der Waals surface area contributed by atoms with Crippen LogP contribution in [-0.2, 0) is 4.79 Å². The number of carboxylic acids is 1. The number of carbonyl (C=O) groups is 1. The van der Waals surface area contributed by atoms with Gasteiger partial charge in [-0.05, 0) is 12.6 Å². The highest BCUT2D eigenvalue weighted by atomic mass is 31.1. The van der Waals surface area contributed by atoms with Crippen molar-refractivity contribution in [3.05, 3.63) is 0 Å². The first kappa shape index (κ1) is 8.82. The van der Waals surface area contributed by atoms with Gasteiger partial charge in [0.25, 0.3) is 0 Å². The third-order valence-electron chi connectivity index (χ3n) is 0.884. The smallest absolute Gasteiger partial charge is 0.320 e. The van der Waals surface area contributed by atoms with E-state index in [-0.39, 0.29) is 8.81 Å². The number of rotatable bonds is 4. The summed E-state index contributed by atoms with van der Waals surface area (Å²) in [6, 6.07) is -0.815. The zero-order valence-electron chi connectivity index (χ0n) is 4.87. The summed E-state index contributed by atoms with van der Waals surface area (Å²) in [5.74, 6) is -1.01. The van der Waals surface area contributed by atoms with Gasteiger partial charge in [-0.25, -0.2) is 0 Å². The standard InChI is InChI=1S/C4H10NO3P/c5-3(4(6)7)1-2-9-8/h3,8-9H,1-2,5H2,(H,6,7)/t3-/m0/s1. The monoisotopic (exact) mass is 151 g/mol. The van der Waals surface area contributed by atoms with Gasteiger partial charge >= 0.3 is 5.97 Å². The van der Waals surface area contributed by atoms with Gasteiger partial charge in [-0.2, -0.15) is 0 Å². The molecule has 1 unspecified atom stereocenters. The molecule has 0 aromatic carbocycles. The molecule has 2 atom stereocenters. The van der Waals surface area contributed by atoms with Crippen LogP contribution in [0.5, 0.6) is 0 Å². The summed E-state index contributed by atoms with van der Waals surface area (Å²) < 4.78 is 0. The Kier molecular flexibility index (Phi) is 4.58. The second-order valence-electron chi connectivity index (χ2n) is 1.64. The van der Waals surface area contributed by atoms with Crippen LogP contribution in [-0.4, -0.2) is 28.2 Å². The van der Waals surface area contributed by atoms with E-state index in [9.17, 15) is 4.79 Å². The minimum atomic E-state index is -1.01. The molecule has 54 valence electrons. The zero-order valence-corrected chi connectivity index (χ0v) is 5.87. The molecule has 4 N–H and O–H groups in total. The molecule has 0 aromatic heterocycles. The molecular weight excluding hydrogens is 141 g/mol. The molecule has 0 heterocycles. The van der Waals surface area contributed by atoms with Crippen LogP contribution < -0.4 is 5.73 Å². The molecule has 0 fully saturated rings. The van der Waals surface area contributed by atoms with Gasteiger partial charge in [0.1, 0.15) is 6.04 Å². The fourth-order valence-corrected chi connectivity index (χ4v) is 0.784. The average Bonchev–Trinajstić information content (AvgIpc) is 1.82. The zero-order chi connectivity index (χ0) is 7.28. The molecule has 0 aliphatic rings. The number of hydrogen-bond donors (Lipinski definition) is 3. The summed E-state index contributed by atoms with van der Waals surface area (Å²) in [4.78, 5) is 18.3. The van der Waals surface area contributed by atoms with Gasteiger partial charge in [0.15, 0.2) is 0 Å². The Hall–Kier alpha value is -0.180. The van der Waals surface area contributed by atoms with Crippen molar-refractivity contribution in [2.75, 3.05) is 6.16 Å². The lowest BCUT2D eigenvalue weighted by Crippen LogP contribution is -2.30. The normalized spacial score (nSPS) is 14.4. The minimum Gasteiger partial charge on any atom is -0.480 e. The second kappa shape index (κ2) is 4.68. The van der Waals surface area contributed by atoms with Crippen molar-refractivity contribution < 1.29 is 14.8 Å². The molecule has 0 saturated carbocycles. The SMILES string of the molecule is N[C@@H](CCPO)C(=O)O. The maximum absolute atomic E-state index is 10.0. The first-order valence-electron chi connectivity index (χ1n) is 2.54. The van der Waals surface area contributed by atoms with Crippen LogP contribution in [0.1, 0.15) is 6.42 Å². The molecule has 0 aliphatic carbocycles. The van der Waals surface area contributed by atoms with Crippen LogP contribution in [0.2, 0.25) is 0 Å². The maximum Gasteiger partial charge on any atom is 0.320 e. The van der Waals surface area contributed by atoms with Crippen molar-refractivity contribution in [3.8, 4) is 0 Å². The first-order valence-corrected chi connectivity index (χ1v) is 3.69. The van der Waals surface area contributed by atoms with Gasteiger partial charge in [0, 0.05) is 8.81 Å². The van der Waals surface area contributed by atoms with Crippen molar-refractivity contribution in [1.29, 1.82) is 0 Å². The summed E-state index contributed by atoms with van der Waals surface area (Å²) >= 11 is 0. The lowest BCUT2D eigenvalue weighted by molar-refractivity contribution is -0.138. The fourth-order valence-electron chi connectivity index (χ4n) is 0.344. The predicted molar refractivity (Wildman–Crippen MR) is 35.6 cm³/mol. The van der Waals surface area contributed by atoms with E-state index in [1.807, 2.05) is 0 Å². The van der Waals surface area contributed by atoms with Gasteiger partial charge in [0.05, 0.1) is 0 Å². The van der Waals surface area contributed by atoms with Gasteiger partial charge in [-0.15, -0.1) is 0 Å². The van der Waals surface area contributed by atoms with Crippen LogP contribution in [0.15, 0.2) is 0 Å². The second-order valence-corrected chi connectivity index (χ2v) is 2.46. The van der Waals surface area contributed by atoms with E-state index in [0.717, 1.165) is 0 Å². The Labute approximate surface area is 54.9 Å². The predicted octanol–water partition coefficient (Wildman–Crippen LogP) is -0.626. The van der Waals surface area contributed by atoms with Crippen LogP contribution in [0, 0.1) is 0 Å². The van der Waals surface area contributed by atoms with Gasteiger partial charge < -0.3 is 15.7 Å². The Morgan fingerprint density at radius 1 is 1.78 bits per heavy atom. The highest BCUT2D eigenvalue weighted by Gasteiger charge is 2.09. The molecule has 0 bridgehead atoms. The quantitative estimate of drug-likeness (QED) is 0.467. The number of nitrogens with two attached hydrogens (primary N) is 1. The van der Waals surface area contributed by atoms with Crippen molar-refractivity contribution in [1.82, 2.24) is 0 Å². The summed E-state index contributed by atoms with van der Waals surface area (Å²) in [7, 11) is -0.200. The highest BCUT2D eigenvalue weighted by molar-refractivity contribution is 7.31. The first-order chi connectivity index (χ1) is 4.18. The number of hydrogen-bond acceptors (Lipinski definition) is 3. The molecule has 4 nitrogen and oxygen atoms in total. The molecule has 0 rings (SSSR count). The molecule has 0 aromatic rings. The third kappa shape index (κ3) is 4.33. The lowest BCUT2D eigenvalue weighted by atomic mass is 10.2. The molecule has 9 heavy (non-hydrogen) atoms. The summed E-state index contributed by atoms with van der Waals surface area (Å²) in [5, 5.41) is 8.21. The number of carboxylic acid groups (broad SMARTS) is 1. The van der Waals surface area contributed by atoms with E-state index in [1.54, 1.807) is 0 Å². The fraction of sp³-hybridized carbons (Fsp3) is 0.750. The average molecular weight is 151 g/mol. The molecule has 5 heteroatoms. The van der Waals surface area contributed by atoms with Crippen molar-refractivity contribution in [3.63, 3.8) is 0 Å². The van der Waals surface area contributed by atoms with E-state index in [1.165, 1.54) is 0 Å². The number of aliphatic carboxylic acids is 1. The van der Waals surface area contributed by atoms with Crippen molar-refractivity contribution >= 4 is 14.8 Å². The molecule has 0 saturated heterocycles. The van der Waals surface area contributed by atoms with Crippen LogP contribution >= 0.6 is 8.81 Å². The maximum atomic E-state index is 10.0. The van der Waals surface area contributed by atoms with Gasteiger partial charge in [-0.3, -0.25) is 4.79 Å². The molecule has 0 radical (unpaired) electrons. The van der Waals surface area contributed by atoms with Crippen molar-refractivity contribution in [2.45, 2.75) is 12.5 Å². The van der Waals surface area contributed by atoms with Crippen LogP contribution in [0.4, 0.5) is 0 Å². The molecule has 0 aliphatic heterocycles. The van der Waals surface area contributed by atoms with E-state index < -0.39 is 12.0 Å². The van der Waals surface area contributed by atoms with E-state index in [4.69, 9.17) is 15.7 Å². The van der Waals surface area contributed by atoms with Crippen LogP contribution in [0.25, 0.3) is 0 Å². The Balaban J connectivity index is 3.27. The summed E-state index contributed by atoms with van der Waals surface area (Å²) in [6.07, 6.45) is 0.831. The largest absolute Gasteiger partial charge is 0.480 e. The Bertz CT molecular complexity index is 97.8. The highest BCUT2D eigenvalue weighted by Crippen LogP contribution is 2.04. The lowest BCUT2D eigenvalue weighted by Gasteiger charge is -2.01. The van der Waals surface area contributed by atoms with E-state index in [0.29, 0.717) is 12.6 Å². The minimum absolute atomic E-state index is 0.200. The summed E-state index contributed by atoms with van der Waals surface area (Å²) in [5.41, 5.74) is 5.10. The van der Waals surface area contributed by atoms with Gasteiger partial charge in [-0.1, -0.05) is 0 Å². The topological polar surface area (TPSA) is 83.5 Å². The van der Waals surface area contributed by atoms with Crippen molar-refractivity contribution in [2.24, 2.45) is 5.73 Å². The third-order valence-corrected chi connectivity index (χ3v) is 1.40. The summed E-state index contributed by atoms with van der Waals surface area (Å²) in [6.45, 7) is 0. The Morgan fingerprint density at radius 3 is 2.67 bits per heavy atom.